The number of aromatic nitrogens is 4. The van der Waals surface area contributed by atoms with Crippen molar-refractivity contribution in [3.05, 3.63) is 48.1 Å². The van der Waals surface area contributed by atoms with E-state index in [2.05, 4.69) is 20.6 Å². The second-order valence-electron chi connectivity index (χ2n) is 7.41. The molecule has 1 aromatic carbocycles. The van der Waals surface area contributed by atoms with E-state index in [0.29, 0.717) is 37.0 Å². The fraction of sp³-hybridized carbons (Fsp3) is 0.381. The van der Waals surface area contributed by atoms with Gasteiger partial charge in [-0.15, -0.1) is 10.2 Å². The molecule has 1 saturated heterocycles. The smallest absolute Gasteiger partial charge is 0.313 e. The van der Waals surface area contributed by atoms with Crippen LogP contribution in [0.25, 0.3) is 11.5 Å². The van der Waals surface area contributed by atoms with E-state index in [9.17, 15) is 9.59 Å². The number of likely N-dealkylation sites (tertiary alicyclic amines) is 1. The predicted octanol–water partition coefficient (Wildman–Crippen LogP) is 2.61. The van der Waals surface area contributed by atoms with Crippen molar-refractivity contribution in [3.63, 3.8) is 0 Å². The predicted molar refractivity (Wildman–Crippen MR) is 110 cm³/mol. The summed E-state index contributed by atoms with van der Waals surface area (Å²) < 4.78 is 7.47. The molecule has 1 aliphatic heterocycles. The first-order chi connectivity index (χ1) is 14.5. The fourth-order valence-electron chi connectivity index (χ4n) is 3.50. The highest BCUT2D eigenvalue weighted by Gasteiger charge is 2.28. The summed E-state index contributed by atoms with van der Waals surface area (Å²) in [5.74, 6) is -0.156. The molecule has 2 aromatic heterocycles. The molecule has 0 saturated carbocycles. The van der Waals surface area contributed by atoms with Crippen molar-refractivity contribution in [2.75, 3.05) is 18.4 Å². The third-order valence-electron chi connectivity index (χ3n) is 5.21. The monoisotopic (exact) mass is 408 g/mol. The minimum absolute atomic E-state index is 0.260. The van der Waals surface area contributed by atoms with E-state index < -0.39 is 11.8 Å². The molecule has 0 unspecified atom stereocenters. The van der Waals surface area contributed by atoms with Crippen LogP contribution in [0.15, 0.2) is 41.1 Å². The molecular formula is C21H24N6O3. The Balaban J connectivity index is 1.32. The van der Waals surface area contributed by atoms with Crippen LogP contribution in [0.3, 0.4) is 0 Å². The molecule has 0 bridgehead atoms. The first-order valence-electron chi connectivity index (χ1n) is 10.1. The maximum absolute atomic E-state index is 12.5. The van der Waals surface area contributed by atoms with Crippen molar-refractivity contribution in [2.45, 2.75) is 39.2 Å². The number of carbonyl (C=O) groups excluding carboxylic acids is 2. The molecule has 0 radical (unpaired) electrons. The number of amides is 2. The molecule has 1 N–H and O–H groups in total. The topological polar surface area (TPSA) is 106 Å². The summed E-state index contributed by atoms with van der Waals surface area (Å²) in [6.07, 6.45) is 6.06. The van der Waals surface area contributed by atoms with E-state index in [0.717, 1.165) is 24.0 Å². The highest BCUT2D eigenvalue weighted by Crippen LogP contribution is 2.23. The van der Waals surface area contributed by atoms with E-state index in [1.54, 1.807) is 29.2 Å². The van der Waals surface area contributed by atoms with Crippen molar-refractivity contribution in [1.29, 1.82) is 0 Å². The standard InChI is InChI=1S/C21H24N6O3/c1-3-18-24-25-20(30-18)15-4-6-16(7-5-15)23-19(28)21(29)26-10-8-17(9-11-26)27-13-14(2)12-22-27/h4-7,12-13,17H,3,8-11H2,1-2H3,(H,23,28). The van der Waals surface area contributed by atoms with Crippen LogP contribution < -0.4 is 5.32 Å². The second-order valence-corrected chi connectivity index (χ2v) is 7.41. The average molecular weight is 408 g/mol. The number of rotatable bonds is 4. The molecular weight excluding hydrogens is 384 g/mol. The number of piperidine rings is 1. The first kappa shape index (κ1) is 19.8. The Hall–Kier alpha value is -3.49. The fourth-order valence-corrected chi connectivity index (χ4v) is 3.50. The molecule has 0 spiro atoms. The molecule has 3 heterocycles. The van der Waals surface area contributed by atoms with Gasteiger partial charge in [-0.3, -0.25) is 14.3 Å². The molecule has 9 nitrogen and oxygen atoms in total. The number of benzene rings is 1. The number of carbonyl (C=O) groups is 2. The van der Waals surface area contributed by atoms with Gasteiger partial charge in [-0.25, -0.2) is 0 Å². The molecule has 1 aliphatic rings. The van der Waals surface area contributed by atoms with Crippen LogP contribution in [0.1, 0.15) is 37.3 Å². The lowest BCUT2D eigenvalue weighted by Gasteiger charge is -2.31. The number of aryl methyl sites for hydroxylation is 2. The quantitative estimate of drug-likeness (QED) is 0.665. The lowest BCUT2D eigenvalue weighted by Crippen LogP contribution is -2.44. The molecule has 0 aliphatic carbocycles. The van der Waals surface area contributed by atoms with E-state index in [1.807, 2.05) is 30.9 Å². The van der Waals surface area contributed by atoms with Crippen LogP contribution in [0.4, 0.5) is 5.69 Å². The number of hydrogen-bond donors (Lipinski definition) is 1. The lowest BCUT2D eigenvalue weighted by molar-refractivity contribution is -0.144. The Labute approximate surface area is 174 Å². The molecule has 4 rings (SSSR count). The Morgan fingerprint density at radius 3 is 2.50 bits per heavy atom. The van der Waals surface area contributed by atoms with Crippen molar-refractivity contribution in [3.8, 4) is 11.5 Å². The second kappa shape index (κ2) is 8.48. The lowest BCUT2D eigenvalue weighted by atomic mass is 10.1. The summed E-state index contributed by atoms with van der Waals surface area (Å²) in [5.41, 5.74) is 2.40. The normalized spacial score (nSPS) is 14.7. The van der Waals surface area contributed by atoms with Gasteiger partial charge in [0.25, 0.3) is 0 Å². The highest BCUT2D eigenvalue weighted by atomic mass is 16.4. The summed E-state index contributed by atoms with van der Waals surface area (Å²) in [6, 6.07) is 7.22. The molecule has 1 fully saturated rings. The zero-order valence-electron chi connectivity index (χ0n) is 17.0. The van der Waals surface area contributed by atoms with Crippen molar-refractivity contribution in [1.82, 2.24) is 24.9 Å². The summed E-state index contributed by atoms with van der Waals surface area (Å²) in [7, 11) is 0. The van der Waals surface area contributed by atoms with Crippen LogP contribution in [0, 0.1) is 6.92 Å². The van der Waals surface area contributed by atoms with Crippen LogP contribution >= 0.6 is 0 Å². The van der Waals surface area contributed by atoms with E-state index in [4.69, 9.17) is 4.42 Å². The summed E-state index contributed by atoms with van der Waals surface area (Å²) in [4.78, 5) is 26.5. The largest absolute Gasteiger partial charge is 0.421 e. The van der Waals surface area contributed by atoms with Gasteiger partial charge in [0.15, 0.2) is 0 Å². The van der Waals surface area contributed by atoms with E-state index in [-0.39, 0.29) is 6.04 Å². The number of nitrogens with zero attached hydrogens (tertiary/aromatic N) is 5. The molecule has 2 amide bonds. The van der Waals surface area contributed by atoms with Crippen molar-refractivity contribution in [2.24, 2.45) is 0 Å². The van der Waals surface area contributed by atoms with Gasteiger partial charge in [0.05, 0.1) is 12.2 Å². The maximum atomic E-state index is 12.5. The molecule has 156 valence electrons. The van der Waals surface area contributed by atoms with Gasteiger partial charge in [0.1, 0.15) is 0 Å². The van der Waals surface area contributed by atoms with Gasteiger partial charge in [-0.05, 0) is 49.6 Å². The van der Waals surface area contributed by atoms with Crippen molar-refractivity contribution < 1.29 is 14.0 Å². The Kier molecular flexibility index (Phi) is 5.60. The third-order valence-corrected chi connectivity index (χ3v) is 5.21. The van der Waals surface area contributed by atoms with Gasteiger partial charge in [0, 0.05) is 37.0 Å². The maximum Gasteiger partial charge on any atom is 0.313 e. The van der Waals surface area contributed by atoms with Crippen LogP contribution in [-0.4, -0.2) is 49.8 Å². The highest BCUT2D eigenvalue weighted by molar-refractivity contribution is 6.39. The Bertz CT molecular complexity index is 1030. The molecule has 30 heavy (non-hydrogen) atoms. The zero-order valence-corrected chi connectivity index (χ0v) is 17.0. The van der Waals surface area contributed by atoms with E-state index >= 15 is 0 Å². The SMILES string of the molecule is CCc1nnc(-c2ccc(NC(=O)C(=O)N3CCC(n4cc(C)cn4)CC3)cc2)o1. The van der Waals surface area contributed by atoms with Gasteiger partial charge < -0.3 is 14.6 Å². The zero-order chi connectivity index (χ0) is 21.1. The minimum Gasteiger partial charge on any atom is -0.421 e. The van der Waals surface area contributed by atoms with Crippen molar-refractivity contribution >= 4 is 17.5 Å². The summed E-state index contributed by atoms with van der Waals surface area (Å²) in [6.45, 7) is 5.01. The van der Waals surface area contributed by atoms with Gasteiger partial charge >= 0.3 is 11.8 Å². The molecule has 0 atom stereocenters. The molecule has 9 heteroatoms. The Morgan fingerprint density at radius 1 is 1.17 bits per heavy atom. The third kappa shape index (κ3) is 4.24. The summed E-state index contributed by atoms with van der Waals surface area (Å²) in [5, 5.41) is 15.0. The van der Waals surface area contributed by atoms with Crippen LogP contribution in [0.2, 0.25) is 0 Å². The Morgan fingerprint density at radius 2 is 1.90 bits per heavy atom. The molecule has 3 aromatic rings. The number of nitrogens with one attached hydrogen (secondary N) is 1. The van der Waals surface area contributed by atoms with Gasteiger partial charge in [0.2, 0.25) is 11.8 Å². The number of hydrogen-bond acceptors (Lipinski definition) is 6. The summed E-state index contributed by atoms with van der Waals surface area (Å²) >= 11 is 0. The van der Waals surface area contributed by atoms with Gasteiger partial charge in [-0.2, -0.15) is 5.10 Å². The van der Waals surface area contributed by atoms with E-state index in [1.165, 1.54) is 0 Å². The first-order valence-corrected chi connectivity index (χ1v) is 10.1. The van der Waals surface area contributed by atoms with Gasteiger partial charge in [-0.1, -0.05) is 6.92 Å². The van der Waals surface area contributed by atoms with Crippen LogP contribution in [-0.2, 0) is 16.0 Å². The average Bonchev–Trinajstić information content (AvgIpc) is 3.43. The van der Waals surface area contributed by atoms with Crippen LogP contribution in [0.5, 0.6) is 0 Å². The minimum atomic E-state index is -0.637. The number of anilines is 1.